The quantitative estimate of drug-likeness (QED) is 0.587. The van der Waals surface area contributed by atoms with Gasteiger partial charge in [0.1, 0.15) is 18.7 Å². The summed E-state index contributed by atoms with van der Waals surface area (Å²) in [5.74, 6) is 0.299. The van der Waals surface area contributed by atoms with Crippen molar-refractivity contribution in [2.75, 3.05) is 38.8 Å². The molecule has 11 heteroatoms. The second-order valence-corrected chi connectivity index (χ2v) is 8.80. The van der Waals surface area contributed by atoms with E-state index in [2.05, 4.69) is 15.0 Å². The van der Waals surface area contributed by atoms with Crippen molar-refractivity contribution in [1.82, 2.24) is 29.7 Å². The Morgan fingerprint density at radius 2 is 1.89 bits per heavy atom. The van der Waals surface area contributed by atoms with Crippen molar-refractivity contribution in [2.24, 2.45) is 0 Å². The van der Waals surface area contributed by atoms with Crippen LogP contribution in [0.25, 0.3) is 22.3 Å². The number of urea groups is 1. The average Bonchev–Trinajstić information content (AvgIpc) is 2.89. The van der Waals surface area contributed by atoms with Gasteiger partial charge >= 0.3 is 6.03 Å². The number of carbonyl (C=O) groups is 2. The first-order valence-corrected chi connectivity index (χ1v) is 11.5. The zero-order valence-electron chi connectivity index (χ0n) is 19.7. The summed E-state index contributed by atoms with van der Waals surface area (Å²) < 4.78 is 4.99. The molecule has 2 aliphatic rings. The van der Waals surface area contributed by atoms with Crippen molar-refractivity contribution in [1.29, 1.82) is 0 Å². The molecule has 1 fully saturated rings. The number of nitrogens with zero attached hydrogens (tertiary/aromatic N) is 7. The molecular formula is C24H27N7O4. The molecular weight excluding hydrogens is 450 g/mol. The zero-order chi connectivity index (χ0) is 24.5. The molecule has 0 radical (unpaired) electrons. The summed E-state index contributed by atoms with van der Waals surface area (Å²) in [7, 11) is 3.29. The highest BCUT2D eigenvalue weighted by Gasteiger charge is 2.37. The third-order valence-corrected chi connectivity index (χ3v) is 6.54. The number of aliphatic hydroxyl groups excluding tert-OH is 1. The maximum absolute atomic E-state index is 13.4. The van der Waals surface area contributed by atoms with Crippen LogP contribution in [0.2, 0.25) is 0 Å². The number of fused-ring (bicyclic) bond motifs is 3. The van der Waals surface area contributed by atoms with Crippen molar-refractivity contribution in [3.63, 3.8) is 0 Å². The molecule has 0 bridgehead atoms. The van der Waals surface area contributed by atoms with Gasteiger partial charge in [0, 0.05) is 63.0 Å². The minimum atomic E-state index is -0.233. The van der Waals surface area contributed by atoms with E-state index in [1.807, 2.05) is 23.2 Å². The minimum absolute atomic E-state index is 0.0381. The van der Waals surface area contributed by atoms with Crippen molar-refractivity contribution < 1.29 is 19.4 Å². The van der Waals surface area contributed by atoms with E-state index in [9.17, 15) is 14.7 Å². The van der Waals surface area contributed by atoms with Crippen molar-refractivity contribution >= 4 is 28.7 Å². The summed E-state index contributed by atoms with van der Waals surface area (Å²) in [5, 5.41) is 9.23. The number of anilines is 1. The first kappa shape index (κ1) is 23.1. The Morgan fingerprint density at radius 3 is 2.57 bits per heavy atom. The minimum Gasteiger partial charge on any atom is -0.388 e. The van der Waals surface area contributed by atoms with Crippen LogP contribution >= 0.6 is 0 Å². The molecule has 182 valence electrons. The molecule has 0 spiro atoms. The molecule has 0 saturated carbocycles. The standard InChI is InChI=1S/C24H27N7O4/c1-29-12-16-11-25-19-4-3-18(15-9-26-20(13-32)27-10-15)28-22(19)23(16)31(24(29)34)17-5-7-30(8-6-17)21(33)14-35-2/h3-4,9-11,17,32H,5-8,12-14H2,1-2H3. The Kier molecular flexibility index (Phi) is 6.27. The molecule has 35 heavy (non-hydrogen) atoms. The van der Waals surface area contributed by atoms with Gasteiger partial charge in [-0.25, -0.2) is 19.7 Å². The maximum Gasteiger partial charge on any atom is 0.324 e. The Hall–Kier alpha value is -3.70. The number of hydrogen-bond acceptors (Lipinski definition) is 8. The Morgan fingerprint density at radius 1 is 1.14 bits per heavy atom. The van der Waals surface area contributed by atoms with Crippen molar-refractivity contribution in [3.8, 4) is 11.3 Å². The molecule has 2 aliphatic heterocycles. The SMILES string of the molecule is COCC(=O)N1CCC(N2C(=O)N(C)Cc3cnc4ccc(-c5cnc(CO)nc5)nc4c32)CC1. The van der Waals surface area contributed by atoms with Crippen LogP contribution in [0, 0.1) is 0 Å². The summed E-state index contributed by atoms with van der Waals surface area (Å²) in [4.78, 5) is 48.8. The molecule has 3 amide bonds. The summed E-state index contributed by atoms with van der Waals surface area (Å²) in [6, 6.07) is 3.57. The van der Waals surface area contributed by atoms with Crippen LogP contribution in [0.15, 0.2) is 30.7 Å². The fourth-order valence-electron chi connectivity index (χ4n) is 4.73. The number of ether oxygens (including phenoxy) is 1. The largest absolute Gasteiger partial charge is 0.388 e. The van der Waals surface area contributed by atoms with Crippen molar-refractivity contribution in [3.05, 3.63) is 42.1 Å². The van der Waals surface area contributed by atoms with Gasteiger partial charge in [0.25, 0.3) is 0 Å². The lowest BCUT2D eigenvalue weighted by Crippen LogP contribution is -2.54. The lowest BCUT2D eigenvalue weighted by Gasteiger charge is -2.43. The first-order chi connectivity index (χ1) is 17.0. The predicted octanol–water partition coefficient (Wildman–Crippen LogP) is 1.59. The number of piperidine rings is 1. The normalized spacial score (nSPS) is 16.7. The Labute approximate surface area is 202 Å². The molecule has 0 aromatic carbocycles. The summed E-state index contributed by atoms with van der Waals surface area (Å²) >= 11 is 0. The van der Waals surface area contributed by atoms with Crippen molar-refractivity contribution in [2.45, 2.75) is 32.0 Å². The van der Waals surface area contributed by atoms with E-state index in [-0.39, 0.29) is 31.2 Å². The first-order valence-electron chi connectivity index (χ1n) is 11.5. The van der Waals surface area contributed by atoms with Crippen LogP contribution in [0.1, 0.15) is 24.2 Å². The highest BCUT2D eigenvalue weighted by atomic mass is 16.5. The van der Waals surface area contributed by atoms with Crippen LogP contribution < -0.4 is 4.90 Å². The highest BCUT2D eigenvalue weighted by Crippen LogP contribution is 2.37. The van der Waals surface area contributed by atoms with Crippen LogP contribution in [-0.4, -0.2) is 86.7 Å². The van der Waals surface area contributed by atoms with E-state index >= 15 is 0 Å². The van der Waals surface area contributed by atoms with Gasteiger partial charge in [0.15, 0.2) is 5.82 Å². The average molecular weight is 478 g/mol. The Bertz CT molecular complexity index is 1260. The third-order valence-electron chi connectivity index (χ3n) is 6.54. The second-order valence-electron chi connectivity index (χ2n) is 8.80. The molecule has 0 aliphatic carbocycles. The molecule has 5 rings (SSSR count). The lowest BCUT2D eigenvalue weighted by atomic mass is 9.99. The molecule has 0 unspecified atom stereocenters. The highest BCUT2D eigenvalue weighted by molar-refractivity contribution is 6.04. The number of hydrogen-bond donors (Lipinski definition) is 1. The number of rotatable bonds is 5. The van der Waals surface area contributed by atoms with Gasteiger partial charge in [-0.1, -0.05) is 0 Å². The molecule has 1 saturated heterocycles. The number of amides is 3. The fraction of sp³-hybridized carbons (Fsp3) is 0.417. The fourth-order valence-corrected chi connectivity index (χ4v) is 4.73. The topological polar surface area (TPSA) is 125 Å². The third kappa shape index (κ3) is 4.28. The maximum atomic E-state index is 13.4. The molecule has 0 atom stereocenters. The number of pyridine rings is 2. The van der Waals surface area contributed by atoms with Crippen LogP contribution in [-0.2, 0) is 22.7 Å². The summed E-state index contributed by atoms with van der Waals surface area (Å²) in [5.41, 5.74) is 4.39. The van der Waals surface area contributed by atoms with E-state index in [0.717, 1.165) is 11.3 Å². The lowest BCUT2D eigenvalue weighted by molar-refractivity contribution is -0.136. The van der Waals surface area contributed by atoms with Crippen LogP contribution in [0.3, 0.4) is 0 Å². The number of carbonyl (C=O) groups excluding carboxylic acids is 2. The van der Waals surface area contributed by atoms with Gasteiger partial charge in [-0.15, -0.1) is 0 Å². The van der Waals surface area contributed by atoms with Gasteiger partial charge in [-0.3, -0.25) is 14.7 Å². The number of likely N-dealkylation sites (tertiary alicyclic amines) is 1. The van der Waals surface area contributed by atoms with E-state index in [1.54, 1.807) is 29.2 Å². The van der Waals surface area contributed by atoms with E-state index < -0.39 is 0 Å². The predicted molar refractivity (Wildman–Crippen MR) is 127 cm³/mol. The van der Waals surface area contributed by atoms with E-state index in [4.69, 9.17) is 9.72 Å². The van der Waals surface area contributed by atoms with Crippen LogP contribution in [0.5, 0.6) is 0 Å². The molecule has 3 aromatic rings. The Balaban J connectivity index is 1.53. The molecule has 3 aromatic heterocycles. The van der Waals surface area contributed by atoms with Gasteiger partial charge in [-0.05, 0) is 25.0 Å². The summed E-state index contributed by atoms with van der Waals surface area (Å²) in [6.45, 7) is 1.39. The van der Waals surface area contributed by atoms with Crippen LogP contribution in [0.4, 0.5) is 10.5 Å². The number of aromatic nitrogens is 4. The monoisotopic (exact) mass is 477 g/mol. The number of aliphatic hydroxyl groups is 1. The molecule has 11 nitrogen and oxygen atoms in total. The zero-order valence-corrected chi connectivity index (χ0v) is 19.7. The smallest absolute Gasteiger partial charge is 0.324 e. The molecule has 5 heterocycles. The van der Waals surface area contributed by atoms with Gasteiger partial charge in [0.05, 0.1) is 23.4 Å². The van der Waals surface area contributed by atoms with Gasteiger partial charge in [-0.2, -0.15) is 0 Å². The molecule has 1 N–H and O–H groups in total. The van der Waals surface area contributed by atoms with E-state index in [0.29, 0.717) is 60.6 Å². The number of methoxy groups -OCH3 is 1. The summed E-state index contributed by atoms with van der Waals surface area (Å²) in [6.07, 6.45) is 6.38. The van der Waals surface area contributed by atoms with E-state index in [1.165, 1.54) is 7.11 Å². The van der Waals surface area contributed by atoms with Gasteiger partial charge < -0.3 is 19.6 Å². The second kappa shape index (κ2) is 9.51. The van der Waals surface area contributed by atoms with Gasteiger partial charge in [0.2, 0.25) is 5.91 Å².